The number of para-hydroxylation sites is 2. The van der Waals surface area contributed by atoms with Gasteiger partial charge in [0.05, 0.1) is 18.4 Å². The second-order valence-corrected chi connectivity index (χ2v) is 8.50. The molecule has 1 amide bonds. The summed E-state index contributed by atoms with van der Waals surface area (Å²) in [5, 5.41) is 3.25. The van der Waals surface area contributed by atoms with Gasteiger partial charge in [-0.2, -0.15) is 0 Å². The topological polar surface area (TPSA) is 46.5 Å². The van der Waals surface area contributed by atoms with Gasteiger partial charge in [-0.1, -0.05) is 18.6 Å². The van der Waals surface area contributed by atoms with Crippen molar-refractivity contribution in [1.29, 1.82) is 0 Å². The summed E-state index contributed by atoms with van der Waals surface area (Å²) in [5.41, 5.74) is 3.71. The van der Waals surface area contributed by atoms with Crippen LogP contribution in [0.5, 0.6) is 5.75 Å². The van der Waals surface area contributed by atoms with E-state index in [2.05, 4.69) is 14.8 Å². The van der Waals surface area contributed by atoms with E-state index in [-0.39, 0.29) is 5.91 Å². The Labute approximate surface area is 174 Å². The van der Waals surface area contributed by atoms with Crippen LogP contribution in [0.2, 0.25) is 0 Å². The van der Waals surface area contributed by atoms with Gasteiger partial charge in [-0.15, -0.1) is 0 Å². The predicted molar refractivity (Wildman–Crippen MR) is 116 cm³/mol. The van der Waals surface area contributed by atoms with Crippen molar-refractivity contribution in [2.24, 2.45) is 5.92 Å². The number of benzene rings is 1. The molecular formula is C24H33N3O2. The number of amides is 1. The number of rotatable bonds is 5. The molecule has 5 nitrogen and oxygen atoms in total. The van der Waals surface area contributed by atoms with Crippen LogP contribution in [-0.2, 0) is 0 Å². The van der Waals surface area contributed by atoms with Gasteiger partial charge in [0, 0.05) is 24.0 Å². The minimum atomic E-state index is 0.0344. The Morgan fingerprint density at radius 1 is 1.14 bits per heavy atom. The minimum Gasteiger partial charge on any atom is -0.495 e. The molecule has 2 aliphatic heterocycles. The number of carbonyl (C=O) groups is 1. The molecule has 2 aliphatic rings. The van der Waals surface area contributed by atoms with Gasteiger partial charge < -0.3 is 19.5 Å². The first-order valence-electron chi connectivity index (χ1n) is 10.9. The lowest BCUT2D eigenvalue weighted by atomic mass is 9.83. The van der Waals surface area contributed by atoms with Gasteiger partial charge in [0.15, 0.2) is 0 Å². The first-order valence-corrected chi connectivity index (χ1v) is 10.9. The van der Waals surface area contributed by atoms with Crippen LogP contribution in [0.1, 0.15) is 53.8 Å². The number of hydrogen-bond acceptors (Lipinski definition) is 3. The zero-order valence-corrected chi connectivity index (χ0v) is 17.9. The Morgan fingerprint density at radius 2 is 1.93 bits per heavy atom. The summed E-state index contributed by atoms with van der Waals surface area (Å²) in [6, 6.07) is 10.6. The van der Waals surface area contributed by atoms with Crippen LogP contribution in [0.3, 0.4) is 0 Å². The first-order chi connectivity index (χ1) is 14.1. The van der Waals surface area contributed by atoms with E-state index < -0.39 is 0 Å². The van der Waals surface area contributed by atoms with Crippen molar-refractivity contribution in [3.63, 3.8) is 0 Å². The van der Waals surface area contributed by atoms with Gasteiger partial charge in [0.1, 0.15) is 5.75 Å². The molecule has 156 valence electrons. The molecule has 2 atom stereocenters. The number of nitrogens with one attached hydrogen (secondary N) is 1. The molecule has 29 heavy (non-hydrogen) atoms. The highest BCUT2D eigenvalue weighted by Gasteiger charge is 2.33. The van der Waals surface area contributed by atoms with Gasteiger partial charge in [0.25, 0.3) is 5.91 Å². The summed E-state index contributed by atoms with van der Waals surface area (Å²) in [5.74, 6) is 1.42. The van der Waals surface area contributed by atoms with E-state index >= 15 is 0 Å². The minimum absolute atomic E-state index is 0.0344. The maximum absolute atomic E-state index is 13.1. The molecule has 5 heteroatoms. The number of piperidine rings is 2. The molecule has 1 aromatic carbocycles. The Kier molecular flexibility index (Phi) is 5.95. The largest absolute Gasteiger partial charge is 0.495 e. The van der Waals surface area contributed by atoms with E-state index in [1.807, 2.05) is 44.2 Å². The van der Waals surface area contributed by atoms with Crippen LogP contribution in [0.4, 0.5) is 0 Å². The van der Waals surface area contributed by atoms with Crippen molar-refractivity contribution in [1.82, 2.24) is 14.8 Å². The lowest BCUT2D eigenvalue weighted by molar-refractivity contribution is 0.0575. The molecule has 0 unspecified atom stereocenters. The Bertz CT molecular complexity index is 871. The fourth-order valence-corrected chi connectivity index (χ4v) is 5.31. The molecule has 1 N–H and O–H groups in total. The van der Waals surface area contributed by atoms with Crippen molar-refractivity contribution in [2.45, 2.75) is 52.0 Å². The van der Waals surface area contributed by atoms with Crippen molar-refractivity contribution >= 4 is 5.91 Å². The van der Waals surface area contributed by atoms with Crippen LogP contribution >= 0.6 is 0 Å². The molecule has 4 rings (SSSR count). The van der Waals surface area contributed by atoms with Gasteiger partial charge in [-0.05, 0) is 76.7 Å². The number of fused-ring (bicyclic) bond motifs is 1. The highest BCUT2D eigenvalue weighted by Crippen LogP contribution is 2.31. The zero-order chi connectivity index (χ0) is 20.4. The maximum atomic E-state index is 13.1. The Balaban J connectivity index is 1.50. The molecular weight excluding hydrogens is 362 g/mol. The number of aromatic nitrogens is 1. The van der Waals surface area contributed by atoms with Crippen LogP contribution in [0.15, 0.2) is 30.3 Å². The van der Waals surface area contributed by atoms with Crippen LogP contribution in [-0.4, -0.2) is 48.2 Å². The average Bonchev–Trinajstić information content (AvgIpc) is 3.05. The number of nitrogens with zero attached hydrogens (tertiary/aromatic N) is 2. The summed E-state index contributed by atoms with van der Waals surface area (Å²) in [6.45, 7) is 7.29. The van der Waals surface area contributed by atoms with E-state index in [0.29, 0.717) is 12.0 Å². The van der Waals surface area contributed by atoms with E-state index in [4.69, 9.17) is 4.74 Å². The number of aryl methyl sites for hydroxylation is 1. The lowest BCUT2D eigenvalue weighted by Gasteiger charge is -2.44. The van der Waals surface area contributed by atoms with E-state index in [1.54, 1.807) is 7.11 Å². The van der Waals surface area contributed by atoms with E-state index in [0.717, 1.165) is 34.9 Å². The normalized spacial score (nSPS) is 22.2. The molecule has 0 saturated carbocycles. The maximum Gasteiger partial charge on any atom is 0.253 e. The van der Waals surface area contributed by atoms with Gasteiger partial charge in [-0.25, -0.2) is 0 Å². The predicted octanol–water partition coefficient (Wildman–Crippen LogP) is 4.10. The number of methoxy groups -OCH3 is 1. The smallest absolute Gasteiger partial charge is 0.253 e. The van der Waals surface area contributed by atoms with Crippen molar-refractivity contribution < 1.29 is 9.53 Å². The van der Waals surface area contributed by atoms with Crippen molar-refractivity contribution in [2.75, 3.05) is 26.7 Å². The number of ether oxygens (including phenoxy) is 1. The summed E-state index contributed by atoms with van der Waals surface area (Å²) < 4.78 is 7.64. The van der Waals surface area contributed by atoms with E-state index in [1.165, 1.54) is 45.2 Å². The van der Waals surface area contributed by atoms with Gasteiger partial charge >= 0.3 is 0 Å². The fraction of sp³-hybridized carbons (Fsp3) is 0.542. The summed E-state index contributed by atoms with van der Waals surface area (Å²) in [7, 11) is 1.68. The third-order valence-corrected chi connectivity index (χ3v) is 6.76. The summed E-state index contributed by atoms with van der Waals surface area (Å²) >= 11 is 0. The fourth-order valence-electron chi connectivity index (χ4n) is 5.31. The summed E-state index contributed by atoms with van der Waals surface area (Å²) in [4.78, 5) is 15.7. The Hall–Kier alpha value is -2.27. The van der Waals surface area contributed by atoms with Crippen LogP contribution in [0.25, 0.3) is 5.69 Å². The number of carbonyl (C=O) groups excluding carboxylic acids is 1. The third-order valence-electron chi connectivity index (χ3n) is 6.76. The SMILES string of the molecule is COc1ccccc1-n1c(C)cc(C(=O)NC[C@H]2CCCN3CCCC[C@H]23)c1C. The molecule has 2 fully saturated rings. The van der Waals surface area contributed by atoms with Crippen molar-refractivity contribution in [3.8, 4) is 11.4 Å². The number of hydrogen-bond donors (Lipinski definition) is 1. The lowest BCUT2D eigenvalue weighted by Crippen LogP contribution is -2.51. The molecule has 1 aromatic heterocycles. The highest BCUT2D eigenvalue weighted by molar-refractivity contribution is 5.96. The average molecular weight is 396 g/mol. The van der Waals surface area contributed by atoms with Crippen LogP contribution in [0, 0.1) is 19.8 Å². The molecule has 0 radical (unpaired) electrons. The second-order valence-electron chi connectivity index (χ2n) is 8.50. The van der Waals surface area contributed by atoms with E-state index in [9.17, 15) is 4.79 Å². The molecule has 0 spiro atoms. The van der Waals surface area contributed by atoms with Gasteiger partial charge in [-0.3, -0.25) is 4.79 Å². The van der Waals surface area contributed by atoms with Crippen molar-refractivity contribution in [3.05, 3.63) is 47.3 Å². The monoisotopic (exact) mass is 395 g/mol. The summed E-state index contributed by atoms with van der Waals surface area (Å²) in [6.07, 6.45) is 6.40. The highest BCUT2D eigenvalue weighted by atomic mass is 16.5. The molecule has 3 heterocycles. The molecule has 0 bridgehead atoms. The first kappa shape index (κ1) is 20.0. The van der Waals surface area contributed by atoms with Crippen LogP contribution < -0.4 is 10.1 Å². The Morgan fingerprint density at radius 3 is 2.76 bits per heavy atom. The molecule has 2 saturated heterocycles. The zero-order valence-electron chi connectivity index (χ0n) is 17.9. The standard InChI is InChI=1S/C24H33N3O2/c1-17-15-20(18(2)27(17)22-11-4-5-12-23(22)29-3)24(28)25-16-19-9-8-14-26-13-7-6-10-21(19)26/h4-5,11-12,15,19,21H,6-10,13-14,16H2,1-3H3,(H,25,28)/t19-,21-/m1/s1. The van der Waals surface area contributed by atoms with Gasteiger partial charge in [0.2, 0.25) is 0 Å². The third kappa shape index (κ3) is 3.93. The molecule has 2 aromatic rings. The quantitative estimate of drug-likeness (QED) is 0.829. The molecule has 0 aliphatic carbocycles. The second kappa shape index (κ2) is 8.62.